The molecule has 0 saturated carbocycles. The number of benzene rings is 2. The van der Waals surface area contributed by atoms with Crippen LogP contribution in [0.2, 0.25) is 5.02 Å². The van der Waals surface area contributed by atoms with E-state index in [0.717, 1.165) is 38.8 Å². The van der Waals surface area contributed by atoms with Crippen LogP contribution in [0, 0.1) is 13.8 Å². The van der Waals surface area contributed by atoms with Crippen LogP contribution in [0.4, 0.5) is 11.5 Å². The van der Waals surface area contributed by atoms with Crippen LogP contribution < -0.4 is 26.6 Å². The Morgan fingerprint density at radius 3 is 2.51 bits per heavy atom. The summed E-state index contributed by atoms with van der Waals surface area (Å²) >= 11 is 7.10. The molecule has 2 aromatic carbocycles. The smallest absolute Gasteiger partial charge is 0.332 e. The number of nitrogens with one attached hydrogen (secondary N) is 2. The molecule has 3 N–H and O–H groups in total. The van der Waals surface area contributed by atoms with Gasteiger partial charge in [0.15, 0.2) is 5.65 Å². The van der Waals surface area contributed by atoms with Crippen LogP contribution in [0.1, 0.15) is 23.4 Å². The lowest BCUT2D eigenvalue weighted by molar-refractivity contribution is -0.0281. The van der Waals surface area contributed by atoms with Crippen molar-refractivity contribution < 1.29 is 14.6 Å². The zero-order valence-electron chi connectivity index (χ0n) is 26.8. The monoisotopic (exact) mass is 657 g/mol. The fraction of sp³-hybridized carbons (Fsp3) is 0.324. The van der Waals surface area contributed by atoms with E-state index in [-0.39, 0.29) is 17.1 Å². The summed E-state index contributed by atoms with van der Waals surface area (Å²) in [6.07, 6.45) is 0.162. The maximum atomic E-state index is 13.2. The Labute approximate surface area is 276 Å². The second kappa shape index (κ2) is 13.2. The van der Waals surface area contributed by atoms with Crippen LogP contribution in [0.15, 0.2) is 58.1 Å². The van der Waals surface area contributed by atoms with Crippen molar-refractivity contribution in [1.82, 2.24) is 29.4 Å². The van der Waals surface area contributed by atoms with E-state index in [9.17, 15) is 14.7 Å². The predicted octanol–water partition coefficient (Wildman–Crippen LogP) is 4.02. The van der Waals surface area contributed by atoms with Gasteiger partial charge in [-0.2, -0.15) is 0 Å². The average molecular weight is 658 g/mol. The molecular formula is C34H36ClN7O5. The molecule has 3 aromatic heterocycles. The normalized spacial score (nSPS) is 16.4. The van der Waals surface area contributed by atoms with Gasteiger partial charge in [-0.3, -0.25) is 13.9 Å². The molecule has 1 saturated heterocycles. The molecule has 0 spiro atoms. The van der Waals surface area contributed by atoms with E-state index in [4.69, 9.17) is 26.1 Å². The first kappa shape index (κ1) is 32.3. The Bertz CT molecular complexity index is 2110. The van der Waals surface area contributed by atoms with Crippen LogP contribution in [-0.2, 0) is 25.4 Å². The molecule has 1 aliphatic rings. The number of rotatable bonds is 8. The zero-order chi connectivity index (χ0) is 33.4. The van der Waals surface area contributed by atoms with Crippen molar-refractivity contribution >= 4 is 34.1 Å². The van der Waals surface area contributed by atoms with E-state index in [1.54, 1.807) is 21.1 Å². The molecule has 0 aliphatic carbocycles. The molecule has 1 fully saturated rings. The summed E-state index contributed by atoms with van der Waals surface area (Å²) in [7, 11) is 4.59. The number of hydrogen-bond acceptors (Lipinski definition) is 10. The first-order valence-electron chi connectivity index (χ1n) is 15.2. The standard InChI is InChI=1S/C34H36ClN7O5/c1-18-21(8-7-11-24(18)39-30-28-31(38-19(2)37-30)41(3)34(45)42(4)33(28)44)22-9-6-10-23(29(22)35)25-13-12-20(32(40-25)46-5)16-36-26-14-15-47-17-27(26)43/h6-13,26-27,36,43H,14-17H2,1-5H3,(H,37,38,39)/t26-,27+/m1/s1. The fourth-order valence-corrected chi connectivity index (χ4v) is 6.24. The van der Waals surface area contributed by atoms with Gasteiger partial charge in [0.05, 0.1) is 30.5 Å². The molecule has 244 valence electrons. The maximum absolute atomic E-state index is 13.2. The highest BCUT2D eigenvalue weighted by atomic mass is 35.5. The molecule has 0 unspecified atom stereocenters. The summed E-state index contributed by atoms with van der Waals surface area (Å²) < 4.78 is 13.4. The van der Waals surface area contributed by atoms with Crippen LogP contribution >= 0.6 is 11.6 Å². The van der Waals surface area contributed by atoms with E-state index in [1.165, 1.54) is 11.6 Å². The van der Waals surface area contributed by atoms with Gasteiger partial charge in [0.25, 0.3) is 5.56 Å². The van der Waals surface area contributed by atoms with Gasteiger partial charge in [-0.1, -0.05) is 48.0 Å². The van der Waals surface area contributed by atoms with Crippen molar-refractivity contribution in [1.29, 1.82) is 0 Å². The summed E-state index contributed by atoms with van der Waals surface area (Å²) in [5, 5.41) is 17.7. The van der Waals surface area contributed by atoms with E-state index in [1.807, 2.05) is 55.5 Å². The second-order valence-electron chi connectivity index (χ2n) is 11.6. The lowest BCUT2D eigenvalue weighted by Gasteiger charge is -2.28. The summed E-state index contributed by atoms with van der Waals surface area (Å²) in [6, 6.07) is 15.4. The number of nitrogens with zero attached hydrogens (tertiary/aromatic N) is 5. The summed E-state index contributed by atoms with van der Waals surface area (Å²) in [4.78, 5) is 39.4. The van der Waals surface area contributed by atoms with Gasteiger partial charge in [-0.25, -0.2) is 19.7 Å². The van der Waals surface area contributed by atoms with Gasteiger partial charge in [0, 0.05) is 55.7 Å². The topological polar surface area (TPSA) is 145 Å². The SMILES string of the molecule is COc1nc(-c2cccc(-c3cccc(Nc4nc(C)nc5c4c(=O)n(C)c(=O)n5C)c3C)c2Cl)ccc1CN[C@@H]1CCOC[C@@H]1O. The molecule has 0 bridgehead atoms. The Morgan fingerprint density at radius 2 is 1.74 bits per heavy atom. The number of aliphatic hydroxyl groups is 1. The second-order valence-corrected chi connectivity index (χ2v) is 12.0. The van der Waals surface area contributed by atoms with Gasteiger partial charge in [-0.15, -0.1) is 0 Å². The molecule has 5 aromatic rings. The largest absolute Gasteiger partial charge is 0.481 e. The molecule has 2 atom stereocenters. The number of aromatic nitrogens is 5. The Morgan fingerprint density at radius 1 is 1.00 bits per heavy atom. The third kappa shape index (κ3) is 6.12. The van der Waals surface area contributed by atoms with Crippen molar-refractivity contribution in [3.05, 3.63) is 91.3 Å². The Kier molecular flexibility index (Phi) is 9.11. The van der Waals surface area contributed by atoms with E-state index < -0.39 is 17.4 Å². The van der Waals surface area contributed by atoms with Crippen molar-refractivity contribution in [2.24, 2.45) is 14.1 Å². The van der Waals surface area contributed by atoms with Crippen LogP contribution in [0.3, 0.4) is 0 Å². The summed E-state index contributed by atoms with van der Waals surface area (Å²) in [5.41, 5.74) is 4.82. The molecule has 6 rings (SSSR count). The van der Waals surface area contributed by atoms with Gasteiger partial charge >= 0.3 is 5.69 Å². The highest BCUT2D eigenvalue weighted by Gasteiger charge is 2.24. The average Bonchev–Trinajstić information content (AvgIpc) is 3.07. The molecule has 12 nitrogen and oxygen atoms in total. The van der Waals surface area contributed by atoms with E-state index in [2.05, 4.69) is 20.6 Å². The first-order chi connectivity index (χ1) is 22.6. The maximum Gasteiger partial charge on any atom is 0.332 e. The van der Waals surface area contributed by atoms with Crippen LogP contribution in [0.25, 0.3) is 33.4 Å². The molecular weight excluding hydrogens is 622 g/mol. The molecule has 0 amide bonds. The minimum atomic E-state index is -0.562. The van der Waals surface area contributed by atoms with Crippen molar-refractivity contribution in [2.45, 2.75) is 39.0 Å². The Balaban J connectivity index is 1.34. The van der Waals surface area contributed by atoms with E-state index in [0.29, 0.717) is 53.7 Å². The van der Waals surface area contributed by atoms with Gasteiger partial charge in [0.1, 0.15) is 17.0 Å². The molecule has 1 aliphatic heterocycles. The number of pyridine rings is 1. The lowest BCUT2D eigenvalue weighted by Crippen LogP contribution is -2.46. The number of fused-ring (bicyclic) bond motifs is 1. The predicted molar refractivity (Wildman–Crippen MR) is 182 cm³/mol. The van der Waals surface area contributed by atoms with Gasteiger partial charge in [0.2, 0.25) is 5.88 Å². The quantitative estimate of drug-likeness (QED) is 0.224. The van der Waals surface area contributed by atoms with Crippen molar-refractivity contribution in [2.75, 3.05) is 25.6 Å². The number of aryl methyl sites for hydroxylation is 2. The number of aliphatic hydroxyl groups excluding tert-OH is 1. The number of methoxy groups -OCH3 is 1. The van der Waals surface area contributed by atoms with Gasteiger partial charge in [-0.05, 0) is 43.5 Å². The Hall–Kier alpha value is -4.62. The number of hydrogen-bond donors (Lipinski definition) is 3. The minimum absolute atomic E-state index is 0.0658. The highest BCUT2D eigenvalue weighted by Crippen LogP contribution is 2.40. The number of anilines is 2. The number of ether oxygens (including phenoxy) is 2. The van der Waals surface area contributed by atoms with Crippen LogP contribution in [0.5, 0.6) is 5.88 Å². The lowest BCUT2D eigenvalue weighted by atomic mass is 9.96. The van der Waals surface area contributed by atoms with Gasteiger partial charge < -0.3 is 25.2 Å². The highest BCUT2D eigenvalue weighted by molar-refractivity contribution is 6.36. The van der Waals surface area contributed by atoms with Crippen molar-refractivity contribution in [3.63, 3.8) is 0 Å². The molecule has 47 heavy (non-hydrogen) atoms. The summed E-state index contributed by atoms with van der Waals surface area (Å²) in [5.74, 6) is 1.19. The minimum Gasteiger partial charge on any atom is -0.481 e. The molecule has 13 heteroatoms. The first-order valence-corrected chi connectivity index (χ1v) is 15.6. The third-order valence-electron chi connectivity index (χ3n) is 8.58. The van der Waals surface area contributed by atoms with Crippen LogP contribution in [-0.4, -0.2) is 61.7 Å². The molecule has 4 heterocycles. The number of halogens is 1. The van der Waals surface area contributed by atoms with Crippen molar-refractivity contribution in [3.8, 4) is 28.3 Å². The van der Waals surface area contributed by atoms with E-state index >= 15 is 0 Å². The summed E-state index contributed by atoms with van der Waals surface area (Å²) in [6.45, 7) is 5.08. The zero-order valence-corrected chi connectivity index (χ0v) is 27.6. The molecule has 0 radical (unpaired) electrons. The third-order valence-corrected chi connectivity index (χ3v) is 8.98. The fourth-order valence-electron chi connectivity index (χ4n) is 5.92.